The number of ether oxygens (including phenoxy) is 1. The second-order valence-electron chi connectivity index (χ2n) is 7.73. The van der Waals surface area contributed by atoms with Crippen molar-refractivity contribution >= 4 is 26.6 Å². The lowest BCUT2D eigenvalue weighted by Gasteiger charge is -2.39. The third kappa shape index (κ3) is 3.97. The predicted molar refractivity (Wildman–Crippen MR) is 114 cm³/mol. The number of fused-ring (bicyclic) bond motifs is 1. The van der Waals surface area contributed by atoms with Crippen molar-refractivity contribution in [3.63, 3.8) is 0 Å². The van der Waals surface area contributed by atoms with Gasteiger partial charge in [0.15, 0.2) is 9.84 Å². The number of rotatable bonds is 5. The molecule has 1 aromatic heterocycles. The average molecular weight is 412 g/mol. The quantitative estimate of drug-likeness (QED) is 0.692. The van der Waals surface area contributed by atoms with Gasteiger partial charge >= 0.3 is 0 Å². The zero-order chi connectivity index (χ0) is 20.5. The summed E-state index contributed by atoms with van der Waals surface area (Å²) in [7, 11) is -3.31. The monoisotopic (exact) mass is 411 g/mol. The standard InChI is InChI=1S/C22H25N3O3S/c1-16-5-3-4-6-19(16)22(9-11-28-12-10-22)14-23-21-18-13-17(29(2,26)27)7-8-20(18)24-15-25-21/h3-8,13,15H,9-12,14H2,1-2H3,(H,23,24,25). The molecule has 152 valence electrons. The summed E-state index contributed by atoms with van der Waals surface area (Å²) in [6.45, 7) is 4.28. The first kappa shape index (κ1) is 19.8. The fraction of sp³-hybridized carbons (Fsp3) is 0.364. The number of nitrogens with zero attached hydrogens (tertiary/aromatic N) is 2. The number of hydrogen-bond acceptors (Lipinski definition) is 6. The van der Waals surface area contributed by atoms with E-state index in [-0.39, 0.29) is 10.3 Å². The molecule has 1 aliphatic rings. The molecule has 0 spiro atoms. The smallest absolute Gasteiger partial charge is 0.175 e. The first-order valence-corrected chi connectivity index (χ1v) is 11.6. The average Bonchev–Trinajstić information content (AvgIpc) is 2.72. The second-order valence-corrected chi connectivity index (χ2v) is 9.75. The summed E-state index contributed by atoms with van der Waals surface area (Å²) in [5, 5.41) is 4.21. The SMILES string of the molecule is Cc1ccccc1C1(CNc2ncnc3ccc(S(C)(=O)=O)cc23)CCOCC1. The van der Waals surface area contributed by atoms with E-state index in [0.29, 0.717) is 23.3 Å². The highest BCUT2D eigenvalue weighted by Gasteiger charge is 2.35. The highest BCUT2D eigenvalue weighted by atomic mass is 32.2. The Balaban J connectivity index is 1.71. The van der Waals surface area contributed by atoms with E-state index >= 15 is 0 Å². The molecular formula is C22H25N3O3S. The maximum absolute atomic E-state index is 12.0. The van der Waals surface area contributed by atoms with Crippen molar-refractivity contribution in [2.75, 3.05) is 31.3 Å². The molecule has 0 unspecified atom stereocenters. The van der Waals surface area contributed by atoms with Gasteiger partial charge in [0.25, 0.3) is 0 Å². The van der Waals surface area contributed by atoms with Crippen LogP contribution in [-0.4, -0.2) is 44.4 Å². The molecular weight excluding hydrogens is 386 g/mol. The topological polar surface area (TPSA) is 81.2 Å². The minimum atomic E-state index is -3.31. The van der Waals surface area contributed by atoms with Gasteiger partial charge in [-0.15, -0.1) is 0 Å². The molecule has 6 nitrogen and oxygen atoms in total. The molecule has 0 aliphatic carbocycles. The van der Waals surface area contributed by atoms with Crippen molar-refractivity contribution in [3.05, 3.63) is 59.9 Å². The predicted octanol–water partition coefficient (Wildman–Crippen LogP) is 3.50. The number of sulfone groups is 1. The van der Waals surface area contributed by atoms with E-state index in [1.807, 2.05) is 0 Å². The molecule has 7 heteroatoms. The fourth-order valence-electron chi connectivity index (χ4n) is 4.13. The van der Waals surface area contributed by atoms with Crippen LogP contribution in [0.3, 0.4) is 0 Å². The van der Waals surface area contributed by atoms with Gasteiger partial charge in [0.05, 0.1) is 10.4 Å². The van der Waals surface area contributed by atoms with Crippen LogP contribution in [0, 0.1) is 6.92 Å². The summed E-state index contributed by atoms with van der Waals surface area (Å²) < 4.78 is 29.6. The van der Waals surface area contributed by atoms with E-state index in [0.717, 1.165) is 26.1 Å². The van der Waals surface area contributed by atoms with Crippen molar-refractivity contribution < 1.29 is 13.2 Å². The summed E-state index contributed by atoms with van der Waals surface area (Å²) in [6.07, 6.45) is 4.56. The molecule has 2 heterocycles. The van der Waals surface area contributed by atoms with Crippen LogP contribution < -0.4 is 5.32 Å². The number of hydrogen-bond donors (Lipinski definition) is 1. The lowest BCUT2D eigenvalue weighted by molar-refractivity contribution is 0.0542. The van der Waals surface area contributed by atoms with Crippen LogP contribution >= 0.6 is 0 Å². The number of aryl methyl sites for hydroxylation is 1. The van der Waals surface area contributed by atoms with Crippen LogP contribution in [0.25, 0.3) is 10.9 Å². The highest BCUT2D eigenvalue weighted by molar-refractivity contribution is 7.90. The number of benzene rings is 2. The van der Waals surface area contributed by atoms with Gasteiger partial charge in [-0.2, -0.15) is 0 Å². The van der Waals surface area contributed by atoms with Gasteiger partial charge in [0.1, 0.15) is 12.1 Å². The molecule has 0 amide bonds. The Morgan fingerprint density at radius 3 is 2.59 bits per heavy atom. The van der Waals surface area contributed by atoms with E-state index in [2.05, 4.69) is 46.5 Å². The Labute approximate surface area is 171 Å². The zero-order valence-corrected chi connectivity index (χ0v) is 17.5. The minimum Gasteiger partial charge on any atom is -0.381 e. The molecule has 0 saturated carbocycles. The Morgan fingerprint density at radius 2 is 1.86 bits per heavy atom. The van der Waals surface area contributed by atoms with E-state index in [4.69, 9.17) is 4.74 Å². The normalized spacial score (nSPS) is 16.6. The fourth-order valence-corrected chi connectivity index (χ4v) is 4.78. The number of anilines is 1. The van der Waals surface area contributed by atoms with Crippen molar-refractivity contribution in [1.29, 1.82) is 0 Å². The molecule has 1 saturated heterocycles. The molecule has 0 atom stereocenters. The van der Waals surface area contributed by atoms with Crippen LogP contribution in [-0.2, 0) is 20.0 Å². The van der Waals surface area contributed by atoms with Gasteiger partial charge in [0.2, 0.25) is 0 Å². The van der Waals surface area contributed by atoms with Crippen LogP contribution in [0.5, 0.6) is 0 Å². The summed E-state index contributed by atoms with van der Waals surface area (Å²) in [4.78, 5) is 8.96. The van der Waals surface area contributed by atoms with Gasteiger partial charge in [-0.3, -0.25) is 0 Å². The summed E-state index contributed by atoms with van der Waals surface area (Å²) in [5.74, 6) is 0.653. The third-order valence-electron chi connectivity index (χ3n) is 5.80. The van der Waals surface area contributed by atoms with Crippen molar-refractivity contribution in [2.45, 2.75) is 30.1 Å². The van der Waals surface area contributed by atoms with E-state index in [1.165, 1.54) is 23.7 Å². The Kier molecular flexibility index (Phi) is 5.27. The molecule has 1 N–H and O–H groups in total. The number of aromatic nitrogens is 2. The molecule has 1 aliphatic heterocycles. The molecule has 4 rings (SSSR count). The highest BCUT2D eigenvalue weighted by Crippen LogP contribution is 2.37. The first-order valence-electron chi connectivity index (χ1n) is 9.72. The molecule has 3 aromatic rings. The Morgan fingerprint density at radius 1 is 1.10 bits per heavy atom. The lowest BCUT2D eigenvalue weighted by atomic mass is 9.72. The molecule has 1 fully saturated rings. The van der Waals surface area contributed by atoms with Crippen LogP contribution in [0.15, 0.2) is 53.7 Å². The third-order valence-corrected chi connectivity index (χ3v) is 6.91. The van der Waals surface area contributed by atoms with E-state index in [9.17, 15) is 8.42 Å². The molecule has 2 aromatic carbocycles. The van der Waals surface area contributed by atoms with Crippen molar-refractivity contribution in [3.8, 4) is 0 Å². The zero-order valence-electron chi connectivity index (χ0n) is 16.7. The van der Waals surface area contributed by atoms with Crippen LogP contribution in [0.2, 0.25) is 0 Å². The van der Waals surface area contributed by atoms with Gasteiger partial charge < -0.3 is 10.1 Å². The Hall–Kier alpha value is -2.51. The summed E-state index contributed by atoms with van der Waals surface area (Å²) >= 11 is 0. The van der Waals surface area contributed by atoms with Crippen molar-refractivity contribution in [1.82, 2.24) is 9.97 Å². The van der Waals surface area contributed by atoms with Gasteiger partial charge in [-0.1, -0.05) is 24.3 Å². The van der Waals surface area contributed by atoms with E-state index in [1.54, 1.807) is 18.2 Å². The maximum atomic E-state index is 12.0. The van der Waals surface area contributed by atoms with Crippen molar-refractivity contribution in [2.24, 2.45) is 0 Å². The molecule has 0 bridgehead atoms. The minimum absolute atomic E-state index is 0.0602. The van der Waals surface area contributed by atoms with Gasteiger partial charge in [0, 0.05) is 36.8 Å². The number of nitrogens with one attached hydrogen (secondary N) is 1. The largest absolute Gasteiger partial charge is 0.381 e. The second kappa shape index (κ2) is 7.72. The van der Waals surface area contributed by atoms with Crippen LogP contribution in [0.1, 0.15) is 24.0 Å². The van der Waals surface area contributed by atoms with Gasteiger partial charge in [-0.25, -0.2) is 18.4 Å². The van der Waals surface area contributed by atoms with Crippen LogP contribution in [0.4, 0.5) is 5.82 Å². The summed E-state index contributed by atoms with van der Waals surface area (Å²) in [6, 6.07) is 13.4. The Bertz CT molecular complexity index is 1140. The molecule has 29 heavy (non-hydrogen) atoms. The van der Waals surface area contributed by atoms with Gasteiger partial charge in [-0.05, 0) is 49.1 Å². The summed E-state index contributed by atoms with van der Waals surface area (Å²) in [5.41, 5.74) is 3.25. The lowest BCUT2D eigenvalue weighted by Crippen LogP contribution is -2.40. The first-order chi connectivity index (χ1) is 13.9. The maximum Gasteiger partial charge on any atom is 0.175 e. The molecule has 0 radical (unpaired) electrons. The van der Waals surface area contributed by atoms with E-state index < -0.39 is 9.84 Å².